The van der Waals surface area contributed by atoms with E-state index in [0.717, 1.165) is 31.5 Å². The summed E-state index contributed by atoms with van der Waals surface area (Å²) in [6, 6.07) is 5.60. The second-order valence-corrected chi connectivity index (χ2v) is 7.11. The van der Waals surface area contributed by atoms with Gasteiger partial charge in [-0.25, -0.2) is 0 Å². The summed E-state index contributed by atoms with van der Waals surface area (Å²) in [5.74, 6) is 0.611. The van der Waals surface area contributed by atoms with Crippen molar-refractivity contribution in [1.29, 1.82) is 0 Å². The van der Waals surface area contributed by atoms with Crippen molar-refractivity contribution in [3.63, 3.8) is 0 Å². The molecule has 5 heteroatoms. The summed E-state index contributed by atoms with van der Waals surface area (Å²) >= 11 is 6.08. The van der Waals surface area contributed by atoms with Crippen molar-refractivity contribution in [1.82, 2.24) is 4.90 Å². The van der Waals surface area contributed by atoms with E-state index in [2.05, 4.69) is 11.8 Å². The van der Waals surface area contributed by atoms with Crippen molar-refractivity contribution in [3.05, 3.63) is 28.8 Å². The predicted molar refractivity (Wildman–Crippen MR) is 88.6 cm³/mol. The Kier molecular flexibility index (Phi) is 6.09. The van der Waals surface area contributed by atoms with Gasteiger partial charge in [0.25, 0.3) is 0 Å². The van der Waals surface area contributed by atoms with Crippen LogP contribution in [0.25, 0.3) is 0 Å². The summed E-state index contributed by atoms with van der Waals surface area (Å²) in [7, 11) is 0. The minimum Gasteiger partial charge on any atom is -0.489 e. The molecule has 22 heavy (non-hydrogen) atoms. The number of halogens is 1. The maximum Gasteiger partial charge on any atom is 0.138 e. The molecule has 2 atom stereocenters. The Bertz CT molecular complexity index is 497. The Morgan fingerprint density at radius 1 is 1.45 bits per heavy atom. The summed E-state index contributed by atoms with van der Waals surface area (Å²) in [5, 5.41) is 20.2. The first-order valence-corrected chi connectivity index (χ1v) is 8.20. The average molecular weight is 328 g/mol. The van der Waals surface area contributed by atoms with Gasteiger partial charge in [-0.05, 0) is 44.0 Å². The molecule has 1 aliphatic heterocycles. The molecule has 2 N–H and O–H groups in total. The highest BCUT2D eigenvalue weighted by Crippen LogP contribution is 2.29. The smallest absolute Gasteiger partial charge is 0.138 e. The lowest BCUT2D eigenvalue weighted by atomic mass is 9.83. The number of hydrogen-bond donors (Lipinski definition) is 2. The van der Waals surface area contributed by atoms with Crippen LogP contribution < -0.4 is 4.74 Å². The van der Waals surface area contributed by atoms with Crippen LogP contribution in [0.5, 0.6) is 5.75 Å². The van der Waals surface area contributed by atoms with Gasteiger partial charge in [0, 0.05) is 25.1 Å². The molecular formula is C17H26ClNO3. The van der Waals surface area contributed by atoms with E-state index in [0.29, 0.717) is 17.3 Å². The molecule has 0 aliphatic carbocycles. The lowest BCUT2D eigenvalue weighted by molar-refractivity contribution is 0.0101. The molecule has 0 spiro atoms. The number of aryl methyl sites for hydroxylation is 1. The number of likely N-dealkylation sites (tertiary alicyclic amines) is 1. The van der Waals surface area contributed by atoms with Crippen molar-refractivity contribution in [2.24, 2.45) is 5.41 Å². The Labute approximate surface area is 137 Å². The minimum absolute atomic E-state index is 0.0569. The molecule has 0 radical (unpaired) electrons. The summed E-state index contributed by atoms with van der Waals surface area (Å²) < 4.78 is 5.64. The van der Waals surface area contributed by atoms with E-state index in [-0.39, 0.29) is 18.6 Å². The van der Waals surface area contributed by atoms with Gasteiger partial charge in [0.05, 0.1) is 5.02 Å². The van der Waals surface area contributed by atoms with Gasteiger partial charge < -0.3 is 19.8 Å². The largest absolute Gasteiger partial charge is 0.489 e. The molecule has 0 unspecified atom stereocenters. The highest BCUT2D eigenvalue weighted by Gasteiger charge is 2.31. The van der Waals surface area contributed by atoms with E-state index in [9.17, 15) is 10.2 Å². The first-order chi connectivity index (χ1) is 10.4. The summed E-state index contributed by atoms with van der Waals surface area (Å²) in [6.07, 6.45) is 1.51. The highest BCUT2D eigenvalue weighted by atomic mass is 35.5. The van der Waals surface area contributed by atoms with Gasteiger partial charge in [-0.3, -0.25) is 0 Å². The van der Waals surface area contributed by atoms with Crippen LogP contribution in [0.3, 0.4) is 0 Å². The maximum atomic E-state index is 10.2. The van der Waals surface area contributed by atoms with Gasteiger partial charge in [-0.1, -0.05) is 24.6 Å². The zero-order valence-electron chi connectivity index (χ0n) is 13.4. The molecular weight excluding hydrogens is 302 g/mol. The Morgan fingerprint density at radius 3 is 2.95 bits per heavy atom. The number of aliphatic hydroxyl groups is 2. The average Bonchev–Trinajstić information content (AvgIpc) is 2.48. The maximum absolute atomic E-state index is 10.2. The summed E-state index contributed by atoms with van der Waals surface area (Å²) in [4.78, 5) is 2.20. The zero-order chi connectivity index (χ0) is 16.2. The van der Waals surface area contributed by atoms with E-state index in [4.69, 9.17) is 16.3 Å². The molecule has 0 saturated carbocycles. The van der Waals surface area contributed by atoms with Crippen LogP contribution >= 0.6 is 11.6 Å². The van der Waals surface area contributed by atoms with Crippen LogP contribution in [0.2, 0.25) is 5.02 Å². The molecule has 124 valence electrons. The molecule has 1 fully saturated rings. The molecule has 1 aromatic rings. The van der Waals surface area contributed by atoms with Crippen molar-refractivity contribution >= 4 is 11.6 Å². The zero-order valence-corrected chi connectivity index (χ0v) is 14.1. The number of benzene rings is 1. The first kappa shape index (κ1) is 17.5. The molecule has 1 aromatic carbocycles. The molecule has 0 amide bonds. The van der Waals surface area contributed by atoms with Crippen molar-refractivity contribution in [2.45, 2.75) is 32.8 Å². The Morgan fingerprint density at radius 2 is 2.23 bits per heavy atom. The SMILES string of the molecule is Cc1ccc(Cl)c(OC[C@@H](O)CN2CCC[C@@](C)(CO)C2)c1. The van der Waals surface area contributed by atoms with Crippen LogP contribution in [0.1, 0.15) is 25.3 Å². The van der Waals surface area contributed by atoms with Crippen LogP contribution in [0.4, 0.5) is 0 Å². The summed E-state index contributed by atoms with van der Waals surface area (Å²) in [5.41, 5.74) is 1.02. The van der Waals surface area contributed by atoms with E-state index in [1.165, 1.54) is 0 Å². The fourth-order valence-electron chi connectivity index (χ4n) is 2.97. The fraction of sp³-hybridized carbons (Fsp3) is 0.647. The lowest BCUT2D eigenvalue weighted by Crippen LogP contribution is -2.47. The standard InChI is InChI=1S/C17H26ClNO3/c1-13-4-5-15(18)16(8-13)22-10-14(21)9-19-7-3-6-17(2,11-19)12-20/h4-5,8,14,20-21H,3,6-7,9-12H2,1-2H3/t14-,17+/m0/s1. The van der Waals surface area contributed by atoms with Crippen LogP contribution in [0, 0.1) is 12.3 Å². The minimum atomic E-state index is -0.572. The van der Waals surface area contributed by atoms with Gasteiger partial charge in [-0.15, -0.1) is 0 Å². The normalized spacial score (nSPS) is 24.2. The summed E-state index contributed by atoms with van der Waals surface area (Å²) in [6.45, 7) is 6.80. The number of ether oxygens (including phenoxy) is 1. The van der Waals surface area contributed by atoms with Gasteiger partial charge >= 0.3 is 0 Å². The van der Waals surface area contributed by atoms with E-state index >= 15 is 0 Å². The van der Waals surface area contributed by atoms with E-state index in [1.807, 2.05) is 19.1 Å². The number of piperidine rings is 1. The van der Waals surface area contributed by atoms with Crippen LogP contribution in [-0.4, -0.2) is 54.1 Å². The second-order valence-electron chi connectivity index (χ2n) is 6.71. The molecule has 1 heterocycles. The lowest BCUT2D eigenvalue weighted by Gasteiger charge is -2.40. The van der Waals surface area contributed by atoms with Crippen LogP contribution in [0.15, 0.2) is 18.2 Å². The van der Waals surface area contributed by atoms with Gasteiger partial charge in [0.2, 0.25) is 0 Å². The van der Waals surface area contributed by atoms with Gasteiger partial charge in [-0.2, -0.15) is 0 Å². The van der Waals surface area contributed by atoms with Gasteiger partial charge in [0.15, 0.2) is 0 Å². The molecule has 0 bridgehead atoms. The number of hydrogen-bond acceptors (Lipinski definition) is 4. The van der Waals surface area contributed by atoms with E-state index in [1.54, 1.807) is 6.07 Å². The topological polar surface area (TPSA) is 52.9 Å². The third kappa shape index (κ3) is 4.85. The van der Waals surface area contributed by atoms with Crippen LogP contribution in [-0.2, 0) is 0 Å². The molecule has 1 aliphatic rings. The van der Waals surface area contributed by atoms with Gasteiger partial charge in [0.1, 0.15) is 18.5 Å². The molecule has 0 aromatic heterocycles. The van der Waals surface area contributed by atoms with Crippen molar-refractivity contribution in [3.8, 4) is 5.75 Å². The molecule has 1 saturated heterocycles. The monoisotopic (exact) mass is 327 g/mol. The van der Waals surface area contributed by atoms with Crippen molar-refractivity contribution in [2.75, 3.05) is 32.8 Å². The third-order valence-corrected chi connectivity index (χ3v) is 4.54. The first-order valence-electron chi connectivity index (χ1n) is 7.82. The fourth-order valence-corrected chi connectivity index (χ4v) is 3.14. The number of aliphatic hydroxyl groups excluding tert-OH is 2. The Balaban J connectivity index is 1.83. The number of β-amino-alcohol motifs (C(OH)–C–C–N with tert-alkyl or cyclic N) is 1. The third-order valence-electron chi connectivity index (χ3n) is 4.23. The Hall–Kier alpha value is -0.810. The molecule has 2 rings (SSSR count). The van der Waals surface area contributed by atoms with E-state index < -0.39 is 6.10 Å². The van der Waals surface area contributed by atoms with Crippen molar-refractivity contribution < 1.29 is 14.9 Å². The second kappa shape index (κ2) is 7.64. The number of nitrogens with zero attached hydrogens (tertiary/aromatic N) is 1. The molecule has 4 nitrogen and oxygen atoms in total. The predicted octanol–water partition coefficient (Wildman–Crippen LogP) is 2.48. The quantitative estimate of drug-likeness (QED) is 0.843. The number of rotatable bonds is 6. The highest BCUT2D eigenvalue weighted by molar-refractivity contribution is 6.32.